The van der Waals surface area contributed by atoms with E-state index >= 15 is 0 Å². The van der Waals surface area contributed by atoms with Gasteiger partial charge in [-0.2, -0.15) is 0 Å². The zero-order chi connectivity index (χ0) is 11.4. The lowest BCUT2D eigenvalue weighted by Gasteiger charge is -2.35. The van der Waals surface area contributed by atoms with E-state index < -0.39 is 0 Å². The number of hydrogen-bond donors (Lipinski definition) is 1. The van der Waals surface area contributed by atoms with E-state index in [9.17, 15) is 0 Å². The second kappa shape index (κ2) is 5.16. The number of pyridine rings is 1. The van der Waals surface area contributed by atoms with Gasteiger partial charge in [-0.25, -0.2) is 0 Å². The first kappa shape index (κ1) is 11.2. The fourth-order valence-corrected chi connectivity index (χ4v) is 2.16. The average Bonchev–Trinajstić information content (AvgIpc) is 2.30. The molecule has 4 nitrogen and oxygen atoms in total. The molecular formula is C12H20N4. The number of anilines is 2. The van der Waals surface area contributed by atoms with Gasteiger partial charge in [0.15, 0.2) is 0 Å². The van der Waals surface area contributed by atoms with Crippen LogP contribution in [0.2, 0.25) is 0 Å². The lowest BCUT2D eigenvalue weighted by Crippen LogP contribution is -2.46. The summed E-state index contributed by atoms with van der Waals surface area (Å²) in [5.41, 5.74) is 7.63. The predicted octanol–water partition coefficient (Wildman–Crippen LogP) is 1.20. The highest BCUT2D eigenvalue weighted by Crippen LogP contribution is 2.17. The van der Waals surface area contributed by atoms with Gasteiger partial charge in [-0.15, -0.1) is 0 Å². The minimum absolute atomic E-state index is 0.744. The molecule has 1 aliphatic heterocycles. The third-order valence-corrected chi connectivity index (χ3v) is 3.02. The Kier molecular flexibility index (Phi) is 3.62. The van der Waals surface area contributed by atoms with Gasteiger partial charge in [0.2, 0.25) is 0 Å². The molecule has 1 aromatic heterocycles. The summed E-state index contributed by atoms with van der Waals surface area (Å²) in [4.78, 5) is 9.00. The largest absolute Gasteiger partial charge is 0.397 e. The van der Waals surface area contributed by atoms with Gasteiger partial charge in [-0.3, -0.25) is 9.88 Å². The van der Waals surface area contributed by atoms with Crippen LogP contribution in [-0.4, -0.2) is 42.6 Å². The van der Waals surface area contributed by atoms with Crippen molar-refractivity contribution in [2.24, 2.45) is 0 Å². The summed E-state index contributed by atoms with van der Waals surface area (Å²) in [6, 6.07) is 2.00. The van der Waals surface area contributed by atoms with Crippen LogP contribution in [0.15, 0.2) is 18.5 Å². The summed E-state index contributed by atoms with van der Waals surface area (Å²) in [7, 11) is 0. The highest BCUT2D eigenvalue weighted by atomic mass is 15.3. The Morgan fingerprint density at radius 2 is 2.00 bits per heavy atom. The zero-order valence-corrected chi connectivity index (χ0v) is 9.89. The SMILES string of the molecule is CCCN1CCN(c2cncc(N)c2)CC1. The van der Waals surface area contributed by atoms with Gasteiger partial charge in [0.25, 0.3) is 0 Å². The van der Waals surface area contributed by atoms with Crippen molar-refractivity contribution >= 4 is 11.4 Å². The van der Waals surface area contributed by atoms with Crippen molar-refractivity contribution in [3.63, 3.8) is 0 Å². The number of nitrogens with zero attached hydrogens (tertiary/aromatic N) is 3. The monoisotopic (exact) mass is 220 g/mol. The standard InChI is InChI=1S/C12H20N4/c1-2-3-15-4-6-16(7-5-15)12-8-11(13)9-14-10-12/h8-10H,2-7,13H2,1H3. The van der Waals surface area contributed by atoms with Gasteiger partial charge in [-0.1, -0.05) is 6.92 Å². The molecule has 88 valence electrons. The summed E-state index contributed by atoms with van der Waals surface area (Å²) in [6.07, 6.45) is 4.82. The third-order valence-electron chi connectivity index (χ3n) is 3.02. The fourth-order valence-electron chi connectivity index (χ4n) is 2.16. The summed E-state index contributed by atoms with van der Waals surface area (Å²) in [5.74, 6) is 0. The van der Waals surface area contributed by atoms with Crippen molar-refractivity contribution < 1.29 is 0 Å². The van der Waals surface area contributed by atoms with Crippen molar-refractivity contribution in [3.8, 4) is 0 Å². The van der Waals surface area contributed by atoms with Crippen molar-refractivity contribution in [2.45, 2.75) is 13.3 Å². The molecule has 0 unspecified atom stereocenters. The fraction of sp³-hybridized carbons (Fsp3) is 0.583. The molecule has 2 N–H and O–H groups in total. The van der Waals surface area contributed by atoms with Crippen LogP contribution in [0.4, 0.5) is 11.4 Å². The molecule has 0 atom stereocenters. The maximum absolute atomic E-state index is 5.74. The molecule has 0 aliphatic carbocycles. The number of hydrogen-bond acceptors (Lipinski definition) is 4. The van der Waals surface area contributed by atoms with E-state index in [0.29, 0.717) is 0 Å². The third kappa shape index (κ3) is 2.64. The van der Waals surface area contributed by atoms with E-state index in [4.69, 9.17) is 5.73 Å². The normalized spacial score (nSPS) is 17.7. The minimum atomic E-state index is 0.744. The van der Waals surface area contributed by atoms with Crippen LogP contribution in [0.25, 0.3) is 0 Å². The Morgan fingerprint density at radius 3 is 2.62 bits per heavy atom. The number of nitrogen functional groups attached to an aromatic ring is 1. The van der Waals surface area contributed by atoms with E-state index in [2.05, 4.69) is 21.7 Å². The predicted molar refractivity (Wildman–Crippen MR) is 67.6 cm³/mol. The van der Waals surface area contributed by atoms with E-state index in [0.717, 1.165) is 37.6 Å². The summed E-state index contributed by atoms with van der Waals surface area (Å²) in [5, 5.41) is 0. The average molecular weight is 220 g/mol. The van der Waals surface area contributed by atoms with Gasteiger partial charge in [0.05, 0.1) is 17.6 Å². The second-order valence-electron chi connectivity index (χ2n) is 4.31. The van der Waals surface area contributed by atoms with Crippen LogP contribution in [0.1, 0.15) is 13.3 Å². The van der Waals surface area contributed by atoms with Crippen molar-refractivity contribution in [3.05, 3.63) is 18.5 Å². The molecule has 16 heavy (non-hydrogen) atoms. The summed E-state index contributed by atoms with van der Waals surface area (Å²) in [6.45, 7) is 7.87. The highest BCUT2D eigenvalue weighted by molar-refractivity contribution is 5.53. The van der Waals surface area contributed by atoms with E-state index in [1.807, 2.05) is 12.3 Å². The maximum Gasteiger partial charge on any atom is 0.0574 e. The lowest BCUT2D eigenvalue weighted by molar-refractivity contribution is 0.258. The minimum Gasteiger partial charge on any atom is -0.397 e. The van der Waals surface area contributed by atoms with Gasteiger partial charge in [0, 0.05) is 32.4 Å². The smallest absolute Gasteiger partial charge is 0.0574 e. The molecule has 0 bridgehead atoms. The Hall–Kier alpha value is -1.29. The van der Waals surface area contributed by atoms with Crippen LogP contribution in [0.5, 0.6) is 0 Å². The highest BCUT2D eigenvalue weighted by Gasteiger charge is 2.16. The molecule has 0 spiro atoms. The van der Waals surface area contributed by atoms with E-state index in [-0.39, 0.29) is 0 Å². The van der Waals surface area contributed by atoms with Crippen LogP contribution in [-0.2, 0) is 0 Å². The first-order chi connectivity index (χ1) is 7.79. The van der Waals surface area contributed by atoms with Gasteiger partial charge in [0.1, 0.15) is 0 Å². The molecule has 2 rings (SSSR count). The number of rotatable bonds is 3. The van der Waals surface area contributed by atoms with Crippen LogP contribution in [0, 0.1) is 0 Å². The lowest BCUT2D eigenvalue weighted by atomic mass is 10.2. The summed E-state index contributed by atoms with van der Waals surface area (Å²) < 4.78 is 0. The second-order valence-corrected chi connectivity index (χ2v) is 4.31. The molecular weight excluding hydrogens is 200 g/mol. The summed E-state index contributed by atoms with van der Waals surface area (Å²) >= 11 is 0. The van der Waals surface area contributed by atoms with Gasteiger partial charge < -0.3 is 10.6 Å². The molecule has 0 saturated carbocycles. The molecule has 1 fully saturated rings. The molecule has 1 aliphatic rings. The molecule has 0 aromatic carbocycles. The molecule has 2 heterocycles. The number of aromatic nitrogens is 1. The topological polar surface area (TPSA) is 45.4 Å². The first-order valence-electron chi connectivity index (χ1n) is 5.97. The van der Waals surface area contributed by atoms with E-state index in [1.165, 1.54) is 13.0 Å². The number of nitrogens with two attached hydrogens (primary N) is 1. The molecule has 4 heteroatoms. The maximum atomic E-state index is 5.74. The van der Waals surface area contributed by atoms with Gasteiger partial charge >= 0.3 is 0 Å². The van der Waals surface area contributed by atoms with Crippen LogP contribution >= 0.6 is 0 Å². The van der Waals surface area contributed by atoms with Crippen LogP contribution in [0.3, 0.4) is 0 Å². The van der Waals surface area contributed by atoms with Gasteiger partial charge in [-0.05, 0) is 19.0 Å². The Bertz CT molecular complexity index is 332. The zero-order valence-electron chi connectivity index (χ0n) is 9.89. The molecule has 1 saturated heterocycles. The Balaban J connectivity index is 1.94. The molecule has 1 aromatic rings. The molecule has 0 amide bonds. The van der Waals surface area contributed by atoms with Crippen molar-refractivity contribution in [1.82, 2.24) is 9.88 Å². The quantitative estimate of drug-likeness (QED) is 0.831. The first-order valence-corrected chi connectivity index (χ1v) is 5.97. The van der Waals surface area contributed by atoms with Crippen LogP contribution < -0.4 is 10.6 Å². The Labute approximate surface area is 97.1 Å². The van der Waals surface area contributed by atoms with E-state index in [1.54, 1.807) is 6.20 Å². The number of piperazine rings is 1. The van der Waals surface area contributed by atoms with Crippen molar-refractivity contribution in [1.29, 1.82) is 0 Å². The van der Waals surface area contributed by atoms with Crippen molar-refractivity contribution in [2.75, 3.05) is 43.4 Å². The Morgan fingerprint density at radius 1 is 1.25 bits per heavy atom. The molecule has 0 radical (unpaired) electrons.